The molecular formula is C16H16FN3O5. The number of nitrogen functional groups attached to an aromatic ring is 1. The Morgan fingerprint density at radius 3 is 2.64 bits per heavy atom. The Balaban J connectivity index is 1.81. The van der Waals surface area contributed by atoms with Crippen LogP contribution in [0.4, 0.5) is 10.2 Å². The van der Waals surface area contributed by atoms with Gasteiger partial charge in [0.1, 0.15) is 12.2 Å². The Morgan fingerprint density at radius 1 is 1.28 bits per heavy atom. The average molecular weight is 349 g/mol. The predicted octanol–water partition coefficient (Wildman–Crippen LogP) is -0.143. The highest BCUT2D eigenvalue weighted by atomic mass is 19.1. The zero-order valence-electron chi connectivity index (χ0n) is 12.9. The van der Waals surface area contributed by atoms with Crippen molar-refractivity contribution in [2.45, 2.75) is 31.0 Å². The number of nitrogens with zero attached hydrogens (tertiary/aromatic N) is 2. The second-order valence-corrected chi connectivity index (χ2v) is 5.70. The van der Waals surface area contributed by atoms with Gasteiger partial charge in [0.15, 0.2) is 23.6 Å². The molecule has 1 aromatic carbocycles. The number of anilines is 1. The van der Waals surface area contributed by atoms with Gasteiger partial charge in [0.2, 0.25) is 0 Å². The number of ketones is 1. The number of aromatic nitrogens is 2. The number of rotatable bonds is 4. The van der Waals surface area contributed by atoms with Crippen LogP contribution in [0.3, 0.4) is 0 Å². The van der Waals surface area contributed by atoms with E-state index in [1.165, 1.54) is 0 Å². The number of carbonyl (C=O) groups excluding carboxylic acids is 1. The quantitative estimate of drug-likeness (QED) is 0.655. The Hall–Kier alpha value is -2.62. The highest BCUT2D eigenvalue weighted by Crippen LogP contribution is 2.31. The molecule has 2 aromatic rings. The normalized spacial score (nSPS) is 25.9. The molecule has 0 amide bonds. The third kappa shape index (κ3) is 3.29. The Morgan fingerprint density at radius 2 is 1.96 bits per heavy atom. The first-order valence-electron chi connectivity index (χ1n) is 7.52. The van der Waals surface area contributed by atoms with Gasteiger partial charge in [-0.2, -0.15) is 4.98 Å². The fourth-order valence-electron chi connectivity index (χ4n) is 2.69. The number of aliphatic hydroxyl groups excluding tert-OH is 2. The summed E-state index contributed by atoms with van der Waals surface area (Å²) in [6, 6.07) is 8.37. The number of carbonyl (C=O) groups is 1. The minimum Gasteiger partial charge on any atom is -0.388 e. The van der Waals surface area contributed by atoms with Crippen LogP contribution in [0.1, 0.15) is 23.0 Å². The molecule has 132 valence electrons. The van der Waals surface area contributed by atoms with Gasteiger partial charge in [0, 0.05) is 12.0 Å². The van der Waals surface area contributed by atoms with E-state index >= 15 is 0 Å². The summed E-state index contributed by atoms with van der Waals surface area (Å²) in [5.41, 5.74) is 4.70. The van der Waals surface area contributed by atoms with E-state index < -0.39 is 41.9 Å². The lowest BCUT2D eigenvalue weighted by atomic mass is 10.0. The van der Waals surface area contributed by atoms with Crippen molar-refractivity contribution < 1.29 is 24.1 Å². The van der Waals surface area contributed by atoms with Crippen LogP contribution in [0, 0.1) is 5.82 Å². The van der Waals surface area contributed by atoms with Crippen molar-refractivity contribution in [1.82, 2.24) is 9.55 Å². The SMILES string of the molecule is Nc1nc(=O)n([C@@H]2O[C@H](CC(=O)c3ccccc3)[C@@H](O)[C@H]2O)cc1F. The summed E-state index contributed by atoms with van der Waals surface area (Å²) in [4.78, 5) is 27.4. The van der Waals surface area contributed by atoms with Crippen LogP contribution in [-0.4, -0.2) is 43.9 Å². The lowest BCUT2D eigenvalue weighted by molar-refractivity contribution is -0.0401. The van der Waals surface area contributed by atoms with Gasteiger partial charge in [-0.1, -0.05) is 30.3 Å². The minimum absolute atomic E-state index is 0.210. The Kier molecular flexibility index (Phi) is 4.62. The molecule has 0 aliphatic carbocycles. The molecule has 0 radical (unpaired) electrons. The maximum atomic E-state index is 13.6. The van der Waals surface area contributed by atoms with Crippen LogP contribution in [0.2, 0.25) is 0 Å². The third-order valence-corrected chi connectivity index (χ3v) is 4.03. The second-order valence-electron chi connectivity index (χ2n) is 5.70. The van der Waals surface area contributed by atoms with Crippen LogP contribution >= 0.6 is 0 Å². The topological polar surface area (TPSA) is 128 Å². The lowest BCUT2D eigenvalue weighted by Gasteiger charge is -2.17. The van der Waals surface area contributed by atoms with Crippen LogP contribution in [0.15, 0.2) is 41.3 Å². The molecule has 0 unspecified atom stereocenters. The van der Waals surface area contributed by atoms with Crippen molar-refractivity contribution in [2.24, 2.45) is 0 Å². The molecule has 1 fully saturated rings. The first-order valence-corrected chi connectivity index (χ1v) is 7.52. The predicted molar refractivity (Wildman–Crippen MR) is 84.2 cm³/mol. The van der Waals surface area contributed by atoms with Gasteiger partial charge in [-0.3, -0.25) is 9.36 Å². The zero-order chi connectivity index (χ0) is 18.1. The van der Waals surface area contributed by atoms with Crippen molar-refractivity contribution in [3.8, 4) is 0 Å². The van der Waals surface area contributed by atoms with Gasteiger partial charge in [-0.25, -0.2) is 9.18 Å². The van der Waals surface area contributed by atoms with E-state index in [9.17, 15) is 24.2 Å². The van der Waals surface area contributed by atoms with Crippen LogP contribution in [0.5, 0.6) is 0 Å². The number of hydrogen-bond donors (Lipinski definition) is 3. The molecule has 8 nitrogen and oxygen atoms in total. The molecule has 25 heavy (non-hydrogen) atoms. The number of halogens is 1. The summed E-state index contributed by atoms with van der Waals surface area (Å²) in [5, 5.41) is 20.2. The maximum Gasteiger partial charge on any atom is 0.351 e. The molecule has 4 atom stereocenters. The molecule has 3 rings (SSSR count). The largest absolute Gasteiger partial charge is 0.388 e. The summed E-state index contributed by atoms with van der Waals surface area (Å²) >= 11 is 0. The standard InChI is InChI=1S/C16H16FN3O5/c17-9-7-20(16(24)19-14(9)18)15-13(23)12(22)11(25-15)6-10(21)8-4-2-1-3-5-8/h1-5,7,11-13,15,22-23H,6H2,(H2,18,19,24)/t11-,12-,13-,15-/m1/s1. The van der Waals surface area contributed by atoms with E-state index in [-0.39, 0.29) is 12.2 Å². The molecule has 1 aliphatic rings. The lowest BCUT2D eigenvalue weighted by Crippen LogP contribution is -2.36. The van der Waals surface area contributed by atoms with E-state index in [1.807, 2.05) is 0 Å². The van der Waals surface area contributed by atoms with Crippen molar-refractivity contribution >= 4 is 11.6 Å². The van der Waals surface area contributed by atoms with E-state index in [4.69, 9.17) is 10.5 Å². The molecule has 1 aliphatic heterocycles. The minimum atomic E-state index is -1.53. The van der Waals surface area contributed by atoms with Crippen molar-refractivity contribution in [1.29, 1.82) is 0 Å². The zero-order valence-corrected chi connectivity index (χ0v) is 12.9. The molecule has 9 heteroatoms. The van der Waals surface area contributed by atoms with E-state index in [0.717, 1.165) is 6.20 Å². The fourth-order valence-corrected chi connectivity index (χ4v) is 2.69. The van der Waals surface area contributed by atoms with Gasteiger partial charge in [-0.15, -0.1) is 0 Å². The van der Waals surface area contributed by atoms with Crippen molar-refractivity contribution in [3.63, 3.8) is 0 Å². The highest BCUT2D eigenvalue weighted by Gasteiger charge is 2.45. The van der Waals surface area contributed by atoms with Gasteiger partial charge < -0.3 is 20.7 Å². The van der Waals surface area contributed by atoms with E-state index in [2.05, 4.69) is 4.98 Å². The molecule has 1 aromatic heterocycles. The molecule has 4 N–H and O–H groups in total. The van der Waals surface area contributed by atoms with Crippen molar-refractivity contribution in [2.75, 3.05) is 5.73 Å². The number of hydrogen-bond acceptors (Lipinski definition) is 7. The number of ether oxygens (including phenoxy) is 1. The van der Waals surface area contributed by atoms with Gasteiger partial charge in [0.25, 0.3) is 0 Å². The molecule has 0 spiro atoms. The summed E-state index contributed by atoms with van der Waals surface area (Å²) < 4.78 is 19.7. The third-order valence-electron chi connectivity index (χ3n) is 4.03. The van der Waals surface area contributed by atoms with Crippen LogP contribution in [0.25, 0.3) is 0 Å². The fraction of sp³-hybridized carbons (Fsp3) is 0.312. The van der Waals surface area contributed by atoms with E-state index in [0.29, 0.717) is 10.1 Å². The summed E-state index contributed by atoms with van der Waals surface area (Å²) in [6.45, 7) is 0. The number of aliphatic hydroxyl groups is 2. The average Bonchev–Trinajstić information content (AvgIpc) is 2.87. The first-order chi connectivity index (χ1) is 11.9. The Labute approximate surface area is 141 Å². The van der Waals surface area contributed by atoms with Crippen LogP contribution < -0.4 is 11.4 Å². The first kappa shape index (κ1) is 17.2. The smallest absolute Gasteiger partial charge is 0.351 e. The van der Waals surface area contributed by atoms with Gasteiger partial charge in [0.05, 0.1) is 12.3 Å². The maximum absolute atomic E-state index is 13.6. The number of nitrogens with two attached hydrogens (primary N) is 1. The van der Waals surface area contributed by atoms with Gasteiger partial charge in [-0.05, 0) is 0 Å². The molecule has 2 heterocycles. The Bertz CT molecular complexity index is 841. The molecular weight excluding hydrogens is 333 g/mol. The highest BCUT2D eigenvalue weighted by molar-refractivity contribution is 5.96. The second kappa shape index (κ2) is 6.71. The number of benzene rings is 1. The van der Waals surface area contributed by atoms with Crippen molar-refractivity contribution in [3.05, 3.63) is 58.4 Å². The molecule has 0 bridgehead atoms. The monoisotopic (exact) mass is 349 g/mol. The molecule has 1 saturated heterocycles. The van der Waals surface area contributed by atoms with Gasteiger partial charge >= 0.3 is 5.69 Å². The summed E-state index contributed by atoms with van der Waals surface area (Å²) in [5.74, 6) is -1.84. The van der Waals surface area contributed by atoms with E-state index in [1.54, 1.807) is 30.3 Å². The summed E-state index contributed by atoms with van der Waals surface area (Å²) in [7, 11) is 0. The molecule has 0 saturated carbocycles. The summed E-state index contributed by atoms with van der Waals surface area (Å²) in [6.07, 6.45) is -4.86. The number of Topliss-reactive ketones (excluding diaryl/α,β-unsaturated/α-hetero) is 1. The van der Waals surface area contributed by atoms with Crippen LogP contribution in [-0.2, 0) is 4.74 Å².